The molecular weight excluding hydrogens is 473 g/mol. The number of nitrogens with one attached hydrogen (secondary N) is 2. The highest BCUT2D eigenvalue weighted by atomic mass is 35.5. The summed E-state index contributed by atoms with van der Waals surface area (Å²) >= 11 is 7.69. The molecule has 4 rings (SSSR count). The molecular formula is C21H21ClFN5O4S. The maximum absolute atomic E-state index is 13.7. The van der Waals surface area contributed by atoms with Crippen LogP contribution in [0.25, 0.3) is 0 Å². The van der Waals surface area contributed by atoms with Gasteiger partial charge in [-0.3, -0.25) is 14.7 Å². The molecule has 2 aromatic rings. The number of carbonyl (C=O) groups excluding carboxylic acids is 1. The minimum absolute atomic E-state index is 0.107. The number of carbonyl (C=O) groups is 2. The van der Waals surface area contributed by atoms with Crippen LogP contribution >= 0.6 is 22.9 Å². The van der Waals surface area contributed by atoms with Gasteiger partial charge in [0.15, 0.2) is 10.8 Å². The second kappa shape index (κ2) is 9.96. The summed E-state index contributed by atoms with van der Waals surface area (Å²) in [5.74, 6) is -1.73. The lowest BCUT2D eigenvalue weighted by Crippen LogP contribution is -2.56. The van der Waals surface area contributed by atoms with Crippen molar-refractivity contribution in [2.75, 3.05) is 33.3 Å². The van der Waals surface area contributed by atoms with E-state index in [4.69, 9.17) is 16.3 Å². The number of amidine groups is 1. The molecule has 0 radical (unpaired) electrons. The molecule has 174 valence electrons. The van der Waals surface area contributed by atoms with Crippen molar-refractivity contribution in [3.63, 3.8) is 0 Å². The van der Waals surface area contributed by atoms with Crippen LogP contribution in [0.1, 0.15) is 16.6 Å². The van der Waals surface area contributed by atoms with E-state index in [0.29, 0.717) is 35.2 Å². The number of nitrogens with zero attached hydrogens (tertiary/aromatic N) is 3. The SMILES string of the molecule is COC(=O)C1=C(CN2CCNC[C@H]2C(=O)O)NC(c2nccs2)=N[C@H]1c1ccc(F)cc1Cl. The van der Waals surface area contributed by atoms with Gasteiger partial charge in [0.05, 0.1) is 12.7 Å². The van der Waals surface area contributed by atoms with Crippen LogP contribution in [0.2, 0.25) is 5.02 Å². The van der Waals surface area contributed by atoms with Gasteiger partial charge in [0, 0.05) is 54.0 Å². The fraction of sp³-hybridized carbons (Fsp3) is 0.333. The average Bonchev–Trinajstić information content (AvgIpc) is 3.33. The van der Waals surface area contributed by atoms with Crippen LogP contribution in [0.5, 0.6) is 0 Å². The largest absolute Gasteiger partial charge is 0.480 e. The Kier molecular flexibility index (Phi) is 7.03. The molecule has 2 aliphatic rings. The third kappa shape index (κ3) is 4.91. The van der Waals surface area contributed by atoms with E-state index in [9.17, 15) is 19.1 Å². The van der Waals surface area contributed by atoms with Crippen molar-refractivity contribution in [2.24, 2.45) is 4.99 Å². The van der Waals surface area contributed by atoms with E-state index in [2.05, 4.69) is 20.6 Å². The Balaban J connectivity index is 1.83. The summed E-state index contributed by atoms with van der Waals surface area (Å²) < 4.78 is 18.8. The van der Waals surface area contributed by atoms with E-state index in [1.165, 1.54) is 30.6 Å². The molecule has 2 aliphatic heterocycles. The number of hydrogen-bond donors (Lipinski definition) is 3. The zero-order chi connectivity index (χ0) is 23.5. The highest BCUT2D eigenvalue weighted by Crippen LogP contribution is 2.37. The van der Waals surface area contributed by atoms with Gasteiger partial charge in [-0.1, -0.05) is 17.7 Å². The Labute approximate surface area is 197 Å². The molecule has 1 fully saturated rings. The number of benzene rings is 1. The third-order valence-electron chi connectivity index (χ3n) is 5.42. The topological polar surface area (TPSA) is 116 Å². The summed E-state index contributed by atoms with van der Waals surface area (Å²) in [6.07, 6.45) is 1.63. The minimum Gasteiger partial charge on any atom is -0.480 e. The minimum atomic E-state index is -0.967. The molecule has 0 amide bonds. The molecule has 2 atom stereocenters. The molecule has 9 nitrogen and oxygen atoms in total. The molecule has 3 heterocycles. The second-order valence-corrected chi connectivity index (χ2v) is 8.72. The smallest absolute Gasteiger partial charge is 0.338 e. The standard InChI is InChI=1S/C21H21ClFN5O4S/c1-32-21(31)16-14(10-28-6-4-24-9-15(28)20(29)30)26-18(19-25-5-7-33-19)27-17(16)12-3-2-11(23)8-13(12)22/h2-3,5,7-8,15,17,24H,4,6,9-10H2,1H3,(H,26,27)(H,29,30)/t15-,17-/m0/s1. The number of carboxylic acids is 1. The van der Waals surface area contributed by atoms with Crippen LogP contribution in [-0.4, -0.2) is 72.1 Å². The number of carboxylic acid groups (broad SMARTS) is 1. The molecule has 1 aromatic heterocycles. The summed E-state index contributed by atoms with van der Waals surface area (Å²) in [4.78, 5) is 35.5. The first kappa shape index (κ1) is 23.3. The number of ether oxygens (including phenoxy) is 1. The summed E-state index contributed by atoms with van der Waals surface area (Å²) in [5.41, 5.74) is 1.02. The van der Waals surface area contributed by atoms with Crippen molar-refractivity contribution in [2.45, 2.75) is 12.1 Å². The number of hydrogen-bond acceptors (Lipinski definition) is 9. The molecule has 0 spiro atoms. The first-order valence-corrected chi connectivity index (χ1v) is 11.3. The number of esters is 1. The van der Waals surface area contributed by atoms with Gasteiger partial charge in [-0.05, 0) is 12.1 Å². The molecule has 1 saturated heterocycles. The molecule has 0 aliphatic carbocycles. The van der Waals surface area contributed by atoms with Crippen molar-refractivity contribution in [3.8, 4) is 0 Å². The molecule has 0 bridgehead atoms. The number of aromatic nitrogens is 1. The van der Waals surface area contributed by atoms with Crippen molar-refractivity contribution < 1.29 is 23.8 Å². The van der Waals surface area contributed by atoms with Gasteiger partial charge in [-0.25, -0.2) is 14.2 Å². The van der Waals surface area contributed by atoms with E-state index in [1.54, 1.807) is 16.5 Å². The Morgan fingerprint density at radius 2 is 2.24 bits per heavy atom. The number of aliphatic carboxylic acids is 1. The maximum Gasteiger partial charge on any atom is 0.338 e. The first-order chi connectivity index (χ1) is 15.9. The molecule has 33 heavy (non-hydrogen) atoms. The van der Waals surface area contributed by atoms with E-state index < -0.39 is 29.8 Å². The van der Waals surface area contributed by atoms with Crippen molar-refractivity contribution in [3.05, 3.63) is 62.5 Å². The Morgan fingerprint density at radius 3 is 2.91 bits per heavy atom. The Morgan fingerprint density at radius 1 is 1.42 bits per heavy atom. The van der Waals surface area contributed by atoms with Crippen LogP contribution in [0.4, 0.5) is 4.39 Å². The summed E-state index contributed by atoms with van der Waals surface area (Å²) in [5, 5.41) is 18.4. The van der Waals surface area contributed by atoms with Crippen molar-refractivity contribution in [1.29, 1.82) is 0 Å². The highest BCUT2D eigenvalue weighted by molar-refractivity contribution is 7.11. The van der Waals surface area contributed by atoms with Gasteiger partial charge in [0.1, 0.15) is 17.9 Å². The summed E-state index contributed by atoms with van der Waals surface area (Å²) in [7, 11) is 1.25. The predicted molar refractivity (Wildman–Crippen MR) is 121 cm³/mol. The highest BCUT2D eigenvalue weighted by Gasteiger charge is 2.36. The lowest BCUT2D eigenvalue weighted by Gasteiger charge is -2.36. The van der Waals surface area contributed by atoms with E-state index in [-0.39, 0.29) is 23.7 Å². The van der Waals surface area contributed by atoms with Crippen LogP contribution in [0.3, 0.4) is 0 Å². The van der Waals surface area contributed by atoms with Crippen LogP contribution in [0, 0.1) is 5.82 Å². The monoisotopic (exact) mass is 493 g/mol. The zero-order valence-electron chi connectivity index (χ0n) is 17.5. The number of thiazole rings is 1. The van der Waals surface area contributed by atoms with Gasteiger partial charge < -0.3 is 20.5 Å². The number of halogens is 2. The molecule has 3 N–H and O–H groups in total. The normalized spacial score (nSPS) is 21.4. The Bertz CT molecular complexity index is 1120. The molecule has 12 heteroatoms. The lowest BCUT2D eigenvalue weighted by atomic mass is 9.95. The number of rotatable bonds is 6. The maximum atomic E-state index is 13.7. The van der Waals surface area contributed by atoms with Crippen LogP contribution in [-0.2, 0) is 14.3 Å². The fourth-order valence-electron chi connectivity index (χ4n) is 3.85. The second-order valence-electron chi connectivity index (χ2n) is 7.42. The zero-order valence-corrected chi connectivity index (χ0v) is 19.1. The third-order valence-corrected chi connectivity index (χ3v) is 6.53. The quantitative estimate of drug-likeness (QED) is 0.522. The van der Waals surface area contributed by atoms with Gasteiger partial charge in [-0.15, -0.1) is 11.3 Å². The molecule has 1 aromatic carbocycles. The number of methoxy groups -OCH3 is 1. The van der Waals surface area contributed by atoms with Crippen LogP contribution in [0.15, 0.2) is 46.0 Å². The van der Waals surface area contributed by atoms with Gasteiger partial charge in [0.25, 0.3) is 0 Å². The predicted octanol–water partition coefficient (Wildman–Crippen LogP) is 1.81. The lowest BCUT2D eigenvalue weighted by molar-refractivity contribution is -0.143. The van der Waals surface area contributed by atoms with E-state index in [1.807, 2.05) is 0 Å². The fourth-order valence-corrected chi connectivity index (χ4v) is 4.71. The van der Waals surface area contributed by atoms with E-state index >= 15 is 0 Å². The first-order valence-electron chi connectivity index (χ1n) is 10.1. The van der Waals surface area contributed by atoms with Gasteiger partial charge in [-0.2, -0.15) is 0 Å². The van der Waals surface area contributed by atoms with Gasteiger partial charge in [0.2, 0.25) is 0 Å². The molecule has 0 saturated carbocycles. The van der Waals surface area contributed by atoms with E-state index in [0.717, 1.165) is 6.07 Å². The van der Waals surface area contributed by atoms with Crippen LogP contribution < -0.4 is 10.6 Å². The van der Waals surface area contributed by atoms with Crippen molar-refractivity contribution in [1.82, 2.24) is 20.5 Å². The number of piperazine rings is 1. The number of aliphatic imine (C=N–C) groups is 1. The summed E-state index contributed by atoms with van der Waals surface area (Å²) in [6.45, 7) is 1.47. The average molecular weight is 494 g/mol. The van der Waals surface area contributed by atoms with Gasteiger partial charge >= 0.3 is 11.9 Å². The molecule has 0 unspecified atom stereocenters. The Hall–Kier alpha value is -2.86. The van der Waals surface area contributed by atoms with Crippen molar-refractivity contribution >= 4 is 40.7 Å². The summed E-state index contributed by atoms with van der Waals surface area (Å²) in [6, 6.07) is 2.20.